The van der Waals surface area contributed by atoms with Crippen molar-refractivity contribution < 1.29 is 37.0 Å². The van der Waals surface area contributed by atoms with E-state index in [0.29, 0.717) is 5.57 Å². The normalized spacial score (nSPS) is 33.5. The molecule has 112 valence electrons. The third-order valence-electron chi connectivity index (χ3n) is 3.90. The van der Waals surface area contributed by atoms with Gasteiger partial charge in [-0.2, -0.15) is 0 Å². The molecule has 0 amide bonds. The van der Waals surface area contributed by atoms with Gasteiger partial charge in [-0.15, -0.1) is 0 Å². The minimum atomic E-state index is -1.22. The van der Waals surface area contributed by atoms with Gasteiger partial charge in [-0.05, 0) is 19.3 Å². The van der Waals surface area contributed by atoms with E-state index in [1.807, 2.05) is 0 Å². The third-order valence-corrected chi connectivity index (χ3v) is 3.90. The number of allylic oxidation sites excluding steroid dienone is 1. The van der Waals surface area contributed by atoms with Crippen LogP contribution in [0.15, 0.2) is 11.6 Å². The van der Waals surface area contributed by atoms with Gasteiger partial charge in [0.25, 0.3) is 0 Å². The number of carboxylic acids is 2. The first kappa shape index (κ1) is 14.2. The van der Waals surface area contributed by atoms with Gasteiger partial charge in [-0.3, -0.25) is 19.2 Å². The molecule has 2 N–H and O–H groups in total. The highest BCUT2D eigenvalue weighted by atomic mass is 16.6. The lowest BCUT2D eigenvalue weighted by molar-refractivity contribution is -0.155. The van der Waals surface area contributed by atoms with Gasteiger partial charge in [-0.25, -0.2) is 0 Å². The summed E-state index contributed by atoms with van der Waals surface area (Å²) in [4.78, 5) is 45.1. The molecule has 0 aromatic carbocycles. The summed E-state index contributed by atoms with van der Waals surface area (Å²) in [5.41, 5.74) is 0.397. The summed E-state index contributed by atoms with van der Waals surface area (Å²) in [5.74, 6) is -7.11. The third kappa shape index (κ3) is 2.43. The Morgan fingerprint density at radius 2 is 1.95 bits per heavy atom. The Hall–Kier alpha value is -2.18. The van der Waals surface area contributed by atoms with Gasteiger partial charge in [0.2, 0.25) is 0 Å². The number of hydrogen-bond acceptors (Lipinski definition) is 5. The molecule has 7 nitrogen and oxygen atoms in total. The summed E-state index contributed by atoms with van der Waals surface area (Å²) in [5, 5.41) is 18.3. The van der Waals surface area contributed by atoms with E-state index in [9.17, 15) is 24.3 Å². The molecule has 20 heavy (non-hydrogen) atoms. The summed E-state index contributed by atoms with van der Waals surface area (Å²) >= 11 is 0. The second-order valence-corrected chi connectivity index (χ2v) is 5.17. The lowest BCUT2D eigenvalue weighted by Crippen LogP contribution is -2.37. The number of hydrogen-bond donors (Lipinski definition) is 2. The van der Waals surface area contributed by atoms with E-state index in [0.717, 1.165) is 0 Å². The summed E-state index contributed by atoms with van der Waals surface area (Å²) in [7, 11) is 0. The maximum atomic E-state index is 11.5. The molecule has 2 aliphatic rings. The molecule has 0 saturated carbocycles. The summed E-state index contributed by atoms with van der Waals surface area (Å²) in [6.45, 7) is 1.53. The van der Waals surface area contributed by atoms with E-state index in [2.05, 4.69) is 4.74 Å². The fourth-order valence-electron chi connectivity index (χ4n) is 2.97. The van der Waals surface area contributed by atoms with E-state index in [4.69, 9.17) is 5.11 Å². The van der Waals surface area contributed by atoms with Crippen molar-refractivity contribution in [1.82, 2.24) is 0 Å². The first-order chi connectivity index (χ1) is 9.31. The Balaban J connectivity index is 0.00000220. The molecule has 1 aliphatic heterocycles. The Morgan fingerprint density at radius 1 is 1.30 bits per heavy atom. The molecule has 0 aromatic heterocycles. The van der Waals surface area contributed by atoms with Crippen molar-refractivity contribution in [3.8, 4) is 0 Å². The monoisotopic (exact) mass is 286 g/mol. The zero-order valence-electron chi connectivity index (χ0n) is 10.7. The van der Waals surface area contributed by atoms with Crippen LogP contribution < -0.4 is 0 Å². The minimum Gasteiger partial charge on any atom is -0.481 e. The van der Waals surface area contributed by atoms with Crippen molar-refractivity contribution in [2.75, 3.05) is 0 Å². The Labute approximate surface area is 117 Å². The molecule has 1 saturated heterocycles. The molecule has 4 unspecified atom stereocenters. The van der Waals surface area contributed by atoms with Crippen LogP contribution >= 0.6 is 0 Å². The standard InChI is InChI=1S/C13H14O7.2H2/c1-5-2-6(7-4-9(14)20-13(7)19)3-8(11(15)16)10(5)12(17)18;;/h2,6-8,10H,3-4H2,1H3,(H,15,16)(H,17,18);2*1H. The topological polar surface area (TPSA) is 118 Å². The summed E-state index contributed by atoms with van der Waals surface area (Å²) in [6, 6.07) is 0. The Morgan fingerprint density at radius 3 is 2.40 bits per heavy atom. The zero-order valence-corrected chi connectivity index (χ0v) is 10.7. The van der Waals surface area contributed by atoms with Crippen LogP contribution in [0.4, 0.5) is 0 Å². The molecule has 0 spiro atoms. The van der Waals surface area contributed by atoms with Crippen molar-refractivity contribution in [1.29, 1.82) is 0 Å². The van der Waals surface area contributed by atoms with E-state index in [-0.39, 0.29) is 15.7 Å². The first-order valence-electron chi connectivity index (χ1n) is 6.19. The molecule has 7 heteroatoms. The lowest BCUT2D eigenvalue weighted by atomic mass is 9.70. The molecule has 1 fully saturated rings. The van der Waals surface area contributed by atoms with Crippen LogP contribution in [0.3, 0.4) is 0 Å². The predicted molar refractivity (Wildman–Crippen MR) is 67.5 cm³/mol. The number of aliphatic carboxylic acids is 2. The predicted octanol–water partition coefficient (Wildman–Crippen LogP) is 0.936. The average Bonchev–Trinajstić information content (AvgIpc) is 2.66. The first-order valence-corrected chi connectivity index (χ1v) is 6.19. The van der Waals surface area contributed by atoms with Crippen molar-refractivity contribution in [2.45, 2.75) is 19.8 Å². The van der Waals surface area contributed by atoms with Crippen molar-refractivity contribution in [3.63, 3.8) is 0 Å². The number of cyclic esters (lactones) is 2. The van der Waals surface area contributed by atoms with E-state index in [1.54, 1.807) is 6.08 Å². The number of carboxylic acid groups (broad SMARTS) is 2. The van der Waals surface area contributed by atoms with Gasteiger partial charge in [0.15, 0.2) is 0 Å². The van der Waals surface area contributed by atoms with Crippen molar-refractivity contribution in [2.24, 2.45) is 23.7 Å². The number of ether oxygens (including phenoxy) is 1. The highest BCUT2D eigenvalue weighted by Gasteiger charge is 2.46. The molecular weight excluding hydrogens is 268 g/mol. The van der Waals surface area contributed by atoms with Crippen LogP contribution in [0.5, 0.6) is 0 Å². The van der Waals surface area contributed by atoms with Gasteiger partial charge in [0.05, 0.1) is 24.2 Å². The SMILES string of the molecule is CC1=CC(C2CC(=O)OC2=O)CC(C(=O)O)C1C(=O)O.[HH].[HH]. The van der Waals surface area contributed by atoms with E-state index >= 15 is 0 Å². The van der Waals surface area contributed by atoms with Crippen LogP contribution in [0.25, 0.3) is 0 Å². The number of esters is 2. The highest BCUT2D eigenvalue weighted by Crippen LogP contribution is 2.40. The smallest absolute Gasteiger partial charge is 0.317 e. The van der Waals surface area contributed by atoms with Crippen molar-refractivity contribution >= 4 is 23.9 Å². The van der Waals surface area contributed by atoms with Crippen LogP contribution in [0.2, 0.25) is 0 Å². The molecule has 2 rings (SSSR count). The Kier molecular flexibility index (Phi) is 3.61. The molecule has 1 aliphatic carbocycles. The van der Waals surface area contributed by atoms with Gasteiger partial charge in [0.1, 0.15) is 0 Å². The summed E-state index contributed by atoms with van der Waals surface area (Å²) in [6.07, 6.45) is 1.51. The molecular formula is C13H18O7. The molecule has 0 bridgehead atoms. The van der Waals surface area contributed by atoms with E-state index < -0.39 is 47.5 Å². The lowest BCUT2D eigenvalue weighted by Gasteiger charge is -2.31. The number of rotatable bonds is 3. The molecule has 0 aromatic rings. The molecule has 1 heterocycles. The maximum Gasteiger partial charge on any atom is 0.317 e. The Bertz CT molecular complexity index is 528. The average molecular weight is 286 g/mol. The van der Waals surface area contributed by atoms with Gasteiger partial charge in [0, 0.05) is 2.85 Å². The fourth-order valence-corrected chi connectivity index (χ4v) is 2.97. The summed E-state index contributed by atoms with van der Waals surface area (Å²) < 4.78 is 4.46. The minimum absolute atomic E-state index is 0. The quantitative estimate of drug-likeness (QED) is 0.450. The zero-order chi connectivity index (χ0) is 15.0. The molecule has 4 atom stereocenters. The van der Waals surface area contributed by atoms with Gasteiger partial charge >= 0.3 is 23.9 Å². The van der Waals surface area contributed by atoms with E-state index in [1.165, 1.54) is 6.92 Å². The van der Waals surface area contributed by atoms with Crippen LogP contribution in [-0.2, 0) is 23.9 Å². The van der Waals surface area contributed by atoms with Crippen LogP contribution in [0.1, 0.15) is 22.6 Å². The van der Waals surface area contributed by atoms with Crippen molar-refractivity contribution in [3.05, 3.63) is 11.6 Å². The molecule has 0 radical (unpaired) electrons. The second-order valence-electron chi connectivity index (χ2n) is 5.17. The second kappa shape index (κ2) is 5.07. The highest BCUT2D eigenvalue weighted by molar-refractivity contribution is 5.95. The largest absolute Gasteiger partial charge is 0.481 e. The maximum absolute atomic E-state index is 11.5. The van der Waals surface area contributed by atoms with Crippen LogP contribution in [0, 0.1) is 23.7 Å². The number of carbonyl (C=O) groups is 4. The number of carbonyl (C=O) groups excluding carboxylic acids is 2. The van der Waals surface area contributed by atoms with Gasteiger partial charge in [-0.1, -0.05) is 11.6 Å². The van der Waals surface area contributed by atoms with Crippen LogP contribution in [-0.4, -0.2) is 34.1 Å². The van der Waals surface area contributed by atoms with Gasteiger partial charge < -0.3 is 14.9 Å². The fraction of sp³-hybridized carbons (Fsp3) is 0.538.